The molecule has 0 aromatic carbocycles. The van der Waals surface area contributed by atoms with Gasteiger partial charge in [0.2, 0.25) is 5.91 Å². The molecule has 5 heteroatoms. The van der Waals surface area contributed by atoms with Crippen LogP contribution in [0.25, 0.3) is 0 Å². The molecule has 0 aromatic heterocycles. The molecule has 122 valence electrons. The van der Waals surface area contributed by atoms with Gasteiger partial charge in [-0.25, -0.2) is 0 Å². The largest absolute Gasteiger partial charge is 0.481 e. The molecule has 1 atom stereocenters. The van der Waals surface area contributed by atoms with E-state index in [2.05, 4.69) is 5.32 Å². The lowest BCUT2D eigenvalue weighted by Crippen LogP contribution is -2.38. The molecule has 1 unspecified atom stereocenters. The van der Waals surface area contributed by atoms with Gasteiger partial charge in [0.15, 0.2) is 0 Å². The van der Waals surface area contributed by atoms with Crippen LogP contribution in [0, 0.1) is 11.3 Å². The molecule has 0 spiro atoms. The summed E-state index contributed by atoms with van der Waals surface area (Å²) in [5.74, 6) is -0.584. The van der Waals surface area contributed by atoms with Crippen molar-refractivity contribution in [1.82, 2.24) is 5.32 Å². The van der Waals surface area contributed by atoms with Gasteiger partial charge in [0.25, 0.3) is 0 Å². The molecule has 1 amide bonds. The summed E-state index contributed by atoms with van der Waals surface area (Å²) >= 11 is 0. The average Bonchev–Trinajstić information content (AvgIpc) is 2.35. The van der Waals surface area contributed by atoms with Crippen LogP contribution in [0.2, 0.25) is 0 Å². The molecule has 21 heavy (non-hydrogen) atoms. The summed E-state index contributed by atoms with van der Waals surface area (Å²) in [6.07, 6.45) is 5.17. The summed E-state index contributed by atoms with van der Waals surface area (Å²) in [5, 5.41) is 21.6. The lowest BCUT2D eigenvalue weighted by molar-refractivity contribution is -0.141. The number of carbonyl (C=O) groups is 2. The molecule has 0 radical (unpaired) electrons. The molecule has 0 aliphatic heterocycles. The van der Waals surface area contributed by atoms with Gasteiger partial charge in [0.05, 0.1) is 12.5 Å². The first-order valence-corrected chi connectivity index (χ1v) is 7.99. The van der Waals surface area contributed by atoms with Crippen molar-refractivity contribution >= 4 is 11.9 Å². The second-order valence-electron chi connectivity index (χ2n) is 6.90. The van der Waals surface area contributed by atoms with Crippen molar-refractivity contribution in [3.63, 3.8) is 0 Å². The van der Waals surface area contributed by atoms with Crippen molar-refractivity contribution < 1.29 is 19.8 Å². The Morgan fingerprint density at radius 1 is 1.14 bits per heavy atom. The van der Waals surface area contributed by atoms with Crippen LogP contribution in [-0.4, -0.2) is 34.7 Å². The smallest absolute Gasteiger partial charge is 0.303 e. The number of nitrogens with one attached hydrogen (secondary N) is 1. The van der Waals surface area contributed by atoms with Crippen molar-refractivity contribution in [2.24, 2.45) is 11.3 Å². The molecule has 0 heterocycles. The van der Waals surface area contributed by atoms with Crippen LogP contribution in [0.5, 0.6) is 0 Å². The first-order valence-electron chi connectivity index (χ1n) is 7.99. The molecular formula is C16H29NO4. The monoisotopic (exact) mass is 299 g/mol. The topological polar surface area (TPSA) is 86.6 Å². The predicted molar refractivity (Wildman–Crippen MR) is 80.9 cm³/mol. The number of hydrogen-bond donors (Lipinski definition) is 3. The molecule has 3 N–H and O–H groups in total. The third-order valence-electron chi connectivity index (χ3n) is 4.25. The summed E-state index contributed by atoms with van der Waals surface area (Å²) < 4.78 is 0. The highest BCUT2D eigenvalue weighted by Gasteiger charge is 2.36. The summed E-state index contributed by atoms with van der Waals surface area (Å²) in [4.78, 5) is 23.1. The van der Waals surface area contributed by atoms with Crippen molar-refractivity contribution in [2.45, 2.75) is 71.3 Å². The van der Waals surface area contributed by atoms with E-state index in [1.807, 2.05) is 13.8 Å². The second-order valence-corrected chi connectivity index (χ2v) is 6.90. The Balaban J connectivity index is 2.46. The zero-order valence-electron chi connectivity index (χ0n) is 13.2. The minimum absolute atomic E-state index is 0.0645. The fourth-order valence-corrected chi connectivity index (χ4v) is 3.30. The molecule has 0 saturated heterocycles. The highest BCUT2D eigenvalue weighted by molar-refractivity contribution is 5.78. The van der Waals surface area contributed by atoms with Crippen LogP contribution < -0.4 is 5.32 Å². The van der Waals surface area contributed by atoms with Gasteiger partial charge in [-0.3, -0.25) is 9.59 Å². The van der Waals surface area contributed by atoms with E-state index < -0.39 is 17.5 Å². The predicted octanol–water partition coefficient (Wildman–Crippen LogP) is 2.32. The molecule has 5 nitrogen and oxygen atoms in total. The number of aliphatic hydroxyl groups is 1. The summed E-state index contributed by atoms with van der Waals surface area (Å²) in [6.45, 7) is 4.30. The van der Waals surface area contributed by atoms with Gasteiger partial charge in [-0.2, -0.15) is 0 Å². The van der Waals surface area contributed by atoms with E-state index in [1.54, 1.807) is 0 Å². The normalized spacial score (nSPS) is 19.2. The number of amides is 1. The van der Waals surface area contributed by atoms with Crippen molar-refractivity contribution in [2.75, 3.05) is 6.54 Å². The molecular weight excluding hydrogens is 270 g/mol. The van der Waals surface area contributed by atoms with Gasteiger partial charge in [-0.15, -0.1) is 0 Å². The Bertz CT molecular complexity index is 348. The molecule has 0 aromatic rings. The van der Waals surface area contributed by atoms with E-state index in [-0.39, 0.29) is 25.3 Å². The molecule has 1 aliphatic carbocycles. The van der Waals surface area contributed by atoms with E-state index in [0.29, 0.717) is 12.3 Å². The van der Waals surface area contributed by atoms with Crippen LogP contribution in [0.3, 0.4) is 0 Å². The number of aliphatic hydroxyl groups excluding tert-OH is 1. The highest BCUT2D eigenvalue weighted by Crippen LogP contribution is 2.42. The van der Waals surface area contributed by atoms with E-state index in [1.165, 1.54) is 0 Å². The lowest BCUT2D eigenvalue weighted by Gasteiger charge is -2.35. The summed E-state index contributed by atoms with van der Waals surface area (Å²) in [7, 11) is 0. The zero-order chi connectivity index (χ0) is 15.9. The minimum atomic E-state index is -0.829. The van der Waals surface area contributed by atoms with E-state index in [4.69, 9.17) is 5.11 Å². The maximum atomic E-state index is 12.1. The van der Waals surface area contributed by atoms with Gasteiger partial charge in [-0.1, -0.05) is 33.1 Å². The number of hydrogen-bond acceptors (Lipinski definition) is 3. The van der Waals surface area contributed by atoms with E-state index in [9.17, 15) is 14.7 Å². The molecule has 0 bridgehead atoms. The van der Waals surface area contributed by atoms with E-state index in [0.717, 1.165) is 32.1 Å². The quantitative estimate of drug-likeness (QED) is 0.642. The van der Waals surface area contributed by atoms with Gasteiger partial charge < -0.3 is 15.5 Å². The molecule has 1 rings (SSSR count). The number of aliphatic carboxylic acids is 1. The second kappa shape index (κ2) is 8.37. The Morgan fingerprint density at radius 3 is 2.29 bits per heavy atom. The Hall–Kier alpha value is -1.10. The van der Waals surface area contributed by atoms with Gasteiger partial charge >= 0.3 is 5.97 Å². The number of carbonyl (C=O) groups excluding carboxylic acids is 1. The zero-order valence-corrected chi connectivity index (χ0v) is 13.2. The Kier molecular flexibility index (Phi) is 7.15. The minimum Gasteiger partial charge on any atom is -0.481 e. The van der Waals surface area contributed by atoms with Crippen LogP contribution in [0.15, 0.2) is 0 Å². The van der Waals surface area contributed by atoms with Crippen molar-refractivity contribution in [1.29, 1.82) is 0 Å². The molecule has 1 fully saturated rings. The highest BCUT2D eigenvalue weighted by atomic mass is 16.4. The maximum absolute atomic E-state index is 12.1. The number of carboxylic acid groups (broad SMARTS) is 1. The van der Waals surface area contributed by atoms with Gasteiger partial charge in [0.1, 0.15) is 0 Å². The lowest BCUT2D eigenvalue weighted by atomic mass is 9.69. The van der Waals surface area contributed by atoms with Crippen molar-refractivity contribution in [3.8, 4) is 0 Å². The first-order chi connectivity index (χ1) is 9.83. The van der Waals surface area contributed by atoms with Crippen molar-refractivity contribution in [3.05, 3.63) is 0 Å². The Labute approximate surface area is 127 Å². The number of carboxylic acids is 1. The SMILES string of the molecule is CC(C)CC(O)CNC(=O)CC1(CC(=O)O)CCCCC1. The molecule has 1 aliphatic rings. The fraction of sp³-hybridized carbons (Fsp3) is 0.875. The standard InChI is InChI=1S/C16H29NO4/c1-12(2)8-13(18)11-17-14(19)9-16(10-15(20)21)6-4-3-5-7-16/h12-13,18H,3-11H2,1-2H3,(H,17,19)(H,20,21). The molecule has 1 saturated carbocycles. The average molecular weight is 299 g/mol. The number of rotatable bonds is 8. The first kappa shape index (κ1) is 18.0. The maximum Gasteiger partial charge on any atom is 0.303 e. The summed E-state index contributed by atoms with van der Waals surface area (Å²) in [5.41, 5.74) is -0.392. The summed E-state index contributed by atoms with van der Waals surface area (Å²) in [6, 6.07) is 0. The van der Waals surface area contributed by atoms with Gasteiger partial charge in [-0.05, 0) is 30.6 Å². The third-order valence-corrected chi connectivity index (χ3v) is 4.25. The van der Waals surface area contributed by atoms with Gasteiger partial charge in [0, 0.05) is 13.0 Å². The van der Waals surface area contributed by atoms with Crippen LogP contribution in [0.4, 0.5) is 0 Å². The van der Waals surface area contributed by atoms with E-state index >= 15 is 0 Å². The van der Waals surface area contributed by atoms with Crippen LogP contribution >= 0.6 is 0 Å². The third kappa shape index (κ3) is 6.93. The Morgan fingerprint density at radius 2 is 1.76 bits per heavy atom. The van der Waals surface area contributed by atoms with Crippen LogP contribution in [-0.2, 0) is 9.59 Å². The van der Waals surface area contributed by atoms with Crippen LogP contribution in [0.1, 0.15) is 65.2 Å². The fourth-order valence-electron chi connectivity index (χ4n) is 3.30.